The molecule has 3 unspecified atom stereocenters. The third kappa shape index (κ3) is 4.94. The van der Waals surface area contributed by atoms with Gasteiger partial charge in [-0.25, -0.2) is 0 Å². The van der Waals surface area contributed by atoms with Gasteiger partial charge in [-0.1, -0.05) is 237 Å². The summed E-state index contributed by atoms with van der Waals surface area (Å²) in [5.41, 5.74) is 19.4. The van der Waals surface area contributed by atoms with E-state index in [4.69, 9.17) is 0 Å². The molecular weight excluding hydrogens is 869 g/mol. The SMILES string of the molecule is C1=CC2c3c(N(c4cccc5c4-c4ccccc4C54c5ccccc5-n5c6ccccc6c6cccc4c65)c4cc5ccccc5c5ccccc45)cccc3C(c3ccccc3)(c3ccccc3)C2C=C1. The van der Waals surface area contributed by atoms with Crippen molar-refractivity contribution < 1.29 is 0 Å². The molecule has 1 spiro atoms. The van der Waals surface area contributed by atoms with Gasteiger partial charge >= 0.3 is 0 Å². The Morgan fingerprint density at radius 3 is 1.79 bits per heavy atom. The number of benzene rings is 11. The lowest BCUT2D eigenvalue weighted by atomic mass is 9.63. The zero-order chi connectivity index (χ0) is 47.1. The molecule has 3 aliphatic carbocycles. The van der Waals surface area contributed by atoms with Crippen molar-refractivity contribution in [3.63, 3.8) is 0 Å². The average molecular weight is 915 g/mol. The number of rotatable bonds is 5. The van der Waals surface area contributed by atoms with Crippen LogP contribution in [0.5, 0.6) is 0 Å². The minimum absolute atomic E-state index is 0.0935. The van der Waals surface area contributed by atoms with Crippen LogP contribution in [0.2, 0.25) is 0 Å². The smallest absolute Gasteiger partial charge is 0.0755 e. The number of hydrogen-bond donors (Lipinski definition) is 0. The quantitative estimate of drug-likeness (QED) is 0.156. The predicted octanol–water partition coefficient (Wildman–Crippen LogP) is 17.4. The largest absolute Gasteiger partial charge is 0.309 e. The van der Waals surface area contributed by atoms with Gasteiger partial charge in [-0.05, 0) is 96.6 Å². The van der Waals surface area contributed by atoms with Gasteiger partial charge in [0.15, 0.2) is 0 Å². The van der Waals surface area contributed by atoms with Crippen LogP contribution in [0, 0.1) is 5.92 Å². The zero-order valence-electron chi connectivity index (χ0n) is 39.5. The van der Waals surface area contributed by atoms with Crippen molar-refractivity contribution >= 4 is 60.4 Å². The van der Waals surface area contributed by atoms with Crippen LogP contribution in [0.3, 0.4) is 0 Å². The van der Waals surface area contributed by atoms with Gasteiger partial charge in [0.25, 0.3) is 0 Å². The second-order valence-corrected chi connectivity index (χ2v) is 20.2. The van der Waals surface area contributed by atoms with Gasteiger partial charge in [-0.2, -0.15) is 0 Å². The first-order valence-corrected chi connectivity index (χ1v) is 25.4. The normalized spacial score (nSPS) is 18.3. The highest BCUT2D eigenvalue weighted by atomic mass is 15.2. The molecule has 0 fully saturated rings. The van der Waals surface area contributed by atoms with Crippen LogP contribution in [0.25, 0.3) is 60.2 Å². The summed E-state index contributed by atoms with van der Waals surface area (Å²) in [4.78, 5) is 2.68. The topological polar surface area (TPSA) is 8.17 Å². The maximum Gasteiger partial charge on any atom is 0.0755 e. The van der Waals surface area contributed by atoms with E-state index in [0.717, 1.165) is 0 Å². The highest BCUT2D eigenvalue weighted by Crippen LogP contribution is 2.66. The fraction of sp³-hybridized carbons (Fsp3) is 0.0571. The van der Waals surface area contributed by atoms with Crippen LogP contribution >= 0.6 is 0 Å². The van der Waals surface area contributed by atoms with Crippen LogP contribution in [0.4, 0.5) is 17.1 Å². The zero-order valence-corrected chi connectivity index (χ0v) is 39.5. The molecule has 0 saturated carbocycles. The van der Waals surface area contributed by atoms with Gasteiger partial charge in [-0.3, -0.25) is 0 Å². The second kappa shape index (κ2) is 14.8. The Labute approximate surface area is 418 Å². The molecule has 0 radical (unpaired) electrons. The van der Waals surface area contributed by atoms with E-state index in [1.807, 2.05) is 0 Å². The summed E-state index contributed by atoms with van der Waals surface area (Å²) >= 11 is 0. The third-order valence-corrected chi connectivity index (χ3v) is 17.1. The van der Waals surface area contributed by atoms with Gasteiger partial charge < -0.3 is 9.47 Å². The molecule has 3 atom stereocenters. The number of anilines is 3. The lowest BCUT2D eigenvalue weighted by Crippen LogP contribution is -2.34. The second-order valence-electron chi connectivity index (χ2n) is 20.2. The number of allylic oxidation sites excluding steroid dienone is 4. The number of hydrogen-bond acceptors (Lipinski definition) is 1. The fourth-order valence-electron chi connectivity index (χ4n) is 14.6. The third-order valence-electron chi connectivity index (χ3n) is 17.1. The molecule has 1 aromatic heterocycles. The Morgan fingerprint density at radius 1 is 0.389 bits per heavy atom. The first-order valence-electron chi connectivity index (χ1n) is 25.4. The number of fused-ring (bicyclic) bond motifs is 18. The standard InChI is InChI=1S/C70H46N2/c1-3-23-46(24-4-1)69(47-25-5-2-6-26-47)55-34-14-11-31-53(55)66-58(69)37-20-42-63(66)71(65-44-45-22-7-8-27-48(45)49-28-9-10-29-50(49)65)64-43-21-38-59-67(64)54-32-12-15-35-56(54)70(59)57-36-16-18-41-62(57)72-61-40-17-13-30-51(61)52-33-19-39-60(70)68(52)72/h1-44,53,55H. The Hall–Kier alpha value is -8.98. The van der Waals surface area contributed by atoms with Gasteiger partial charge in [0.1, 0.15) is 0 Å². The van der Waals surface area contributed by atoms with E-state index in [0.29, 0.717) is 0 Å². The highest BCUT2D eigenvalue weighted by Gasteiger charge is 2.55. The van der Waals surface area contributed by atoms with Gasteiger partial charge in [0.05, 0.1) is 44.6 Å². The molecular formula is C70H46N2. The first kappa shape index (κ1) is 39.8. The van der Waals surface area contributed by atoms with Crippen LogP contribution in [-0.2, 0) is 10.8 Å². The van der Waals surface area contributed by atoms with E-state index in [2.05, 4.69) is 276 Å². The highest BCUT2D eigenvalue weighted by molar-refractivity contribution is 6.16. The molecule has 2 heterocycles. The summed E-state index contributed by atoms with van der Waals surface area (Å²) in [6.07, 6.45) is 9.54. The van der Waals surface area contributed by atoms with E-state index >= 15 is 0 Å². The summed E-state index contributed by atoms with van der Waals surface area (Å²) in [5.74, 6) is 0.228. The fourth-order valence-corrected chi connectivity index (χ4v) is 14.6. The molecule has 0 saturated heterocycles. The average Bonchev–Trinajstić information content (AvgIpc) is 4.07. The lowest BCUT2D eigenvalue weighted by Gasteiger charge is -2.40. The molecule has 0 amide bonds. The minimum Gasteiger partial charge on any atom is -0.309 e. The Kier molecular flexibility index (Phi) is 8.17. The molecule has 2 heteroatoms. The van der Waals surface area contributed by atoms with E-state index < -0.39 is 10.8 Å². The molecule has 0 bridgehead atoms. The summed E-state index contributed by atoms with van der Waals surface area (Å²) in [5, 5.41) is 7.50. The Balaban J connectivity index is 1.06. The van der Waals surface area contributed by atoms with Crippen molar-refractivity contribution in [2.75, 3.05) is 4.90 Å². The molecule has 72 heavy (non-hydrogen) atoms. The summed E-state index contributed by atoms with van der Waals surface area (Å²) in [7, 11) is 0. The van der Waals surface area contributed by atoms with Crippen molar-refractivity contribution in [3.8, 4) is 16.8 Å². The molecule has 0 N–H and O–H groups in total. The first-order chi connectivity index (χ1) is 35.8. The lowest BCUT2D eigenvalue weighted by molar-refractivity contribution is 0.457. The van der Waals surface area contributed by atoms with Gasteiger partial charge in [-0.15, -0.1) is 0 Å². The van der Waals surface area contributed by atoms with Gasteiger partial charge in [0.2, 0.25) is 0 Å². The van der Waals surface area contributed by atoms with Crippen LogP contribution in [0.1, 0.15) is 50.4 Å². The molecule has 11 aromatic carbocycles. The maximum atomic E-state index is 2.68. The molecule has 16 rings (SSSR count). The van der Waals surface area contributed by atoms with Crippen LogP contribution < -0.4 is 4.90 Å². The van der Waals surface area contributed by atoms with Crippen molar-refractivity contribution in [1.82, 2.24) is 4.57 Å². The van der Waals surface area contributed by atoms with Crippen LogP contribution in [-0.4, -0.2) is 4.57 Å². The van der Waals surface area contributed by atoms with E-state index in [1.165, 1.54) is 122 Å². The van der Waals surface area contributed by atoms with Crippen molar-refractivity contribution in [1.29, 1.82) is 0 Å². The van der Waals surface area contributed by atoms with Crippen molar-refractivity contribution in [2.45, 2.75) is 16.7 Å². The molecule has 1 aliphatic heterocycles. The summed E-state index contributed by atoms with van der Waals surface area (Å²) in [6, 6.07) is 92.0. The molecule has 4 aliphatic rings. The Bertz CT molecular complexity index is 4270. The number of aromatic nitrogens is 1. The van der Waals surface area contributed by atoms with Crippen molar-refractivity contribution in [2.24, 2.45) is 5.92 Å². The number of nitrogens with zero attached hydrogens (tertiary/aromatic N) is 2. The maximum absolute atomic E-state index is 2.68. The molecule has 336 valence electrons. The Morgan fingerprint density at radius 2 is 0.972 bits per heavy atom. The number of para-hydroxylation sites is 3. The molecule has 12 aromatic rings. The summed E-state index contributed by atoms with van der Waals surface area (Å²) in [6.45, 7) is 0. The van der Waals surface area contributed by atoms with Crippen molar-refractivity contribution in [3.05, 3.63) is 311 Å². The monoisotopic (exact) mass is 914 g/mol. The molecule has 2 nitrogen and oxygen atoms in total. The summed E-state index contributed by atoms with van der Waals surface area (Å²) < 4.78 is 2.54. The van der Waals surface area contributed by atoms with E-state index in [-0.39, 0.29) is 11.8 Å². The van der Waals surface area contributed by atoms with E-state index in [1.54, 1.807) is 0 Å². The van der Waals surface area contributed by atoms with Gasteiger partial charge in [0, 0.05) is 33.6 Å². The predicted molar refractivity (Wildman–Crippen MR) is 299 cm³/mol. The minimum atomic E-state index is -0.601. The van der Waals surface area contributed by atoms with Crippen LogP contribution in [0.15, 0.2) is 267 Å². The van der Waals surface area contributed by atoms with E-state index in [9.17, 15) is 0 Å².